The van der Waals surface area contributed by atoms with Gasteiger partial charge in [0.05, 0.1) is 0 Å². The molecule has 0 nitrogen and oxygen atoms in total. The molecular formula is C17H24. The Morgan fingerprint density at radius 3 is 2.71 bits per heavy atom. The molecule has 0 bridgehead atoms. The van der Waals surface area contributed by atoms with Gasteiger partial charge in [0, 0.05) is 5.92 Å². The predicted octanol–water partition coefficient (Wildman–Crippen LogP) is 5.37. The molecule has 0 saturated carbocycles. The van der Waals surface area contributed by atoms with Gasteiger partial charge in [0.2, 0.25) is 0 Å². The quantitative estimate of drug-likeness (QED) is 0.555. The first kappa shape index (κ1) is 13.8. The summed E-state index contributed by atoms with van der Waals surface area (Å²) in [6.07, 6.45) is 16.7. The maximum absolute atomic E-state index is 3.78. The Morgan fingerprint density at radius 1 is 1.41 bits per heavy atom. The zero-order valence-corrected chi connectivity index (χ0v) is 11.4. The van der Waals surface area contributed by atoms with E-state index in [1.165, 1.54) is 29.6 Å². The third-order valence-corrected chi connectivity index (χ3v) is 3.37. The number of allylic oxidation sites excluding steroid dienone is 9. The minimum atomic E-state index is 0.533. The van der Waals surface area contributed by atoms with Gasteiger partial charge in [-0.15, -0.1) is 0 Å². The van der Waals surface area contributed by atoms with Crippen LogP contribution in [0.5, 0.6) is 0 Å². The number of hydrogen-bond donors (Lipinski definition) is 0. The van der Waals surface area contributed by atoms with Crippen LogP contribution in [0.4, 0.5) is 0 Å². The minimum Gasteiger partial charge on any atom is -0.0988 e. The van der Waals surface area contributed by atoms with Crippen LogP contribution >= 0.6 is 0 Å². The first-order chi connectivity index (χ1) is 8.19. The first-order valence-corrected chi connectivity index (χ1v) is 6.55. The fourth-order valence-electron chi connectivity index (χ4n) is 2.04. The predicted molar refractivity (Wildman–Crippen MR) is 77.9 cm³/mol. The lowest BCUT2D eigenvalue weighted by atomic mass is 9.87. The monoisotopic (exact) mass is 228 g/mol. The zero-order valence-electron chi connectivity index (χ0n) is 11.4. The second-order valence-electron chi connectivity index (χ2n) is 4.62. The van der Waals surface area contributed by atoms with Crippen molar-refractivity contribution in [2.45, 2.75) is 40.0 Å². The van der Waals surface area contributed by atoms with Crippen LogP contribution in [0, 0.1) is 5.92 Å². The van der Waals surface area contributed by atoms with Gasteiger partial charge in [-0.25, -0.2) is 0 Å². The van der Waals surface area contributed by atoms with E-state index in [4.69, 9.17) is 0 Å². The van der Waals surface area contributed by atoms with E-state index < -0.39 is 0 Å². The Hall–Kier alpha value is -1.30. The molecule has 0 heteroatoms. The highest BCUT2D eigenvalue weighted by Crippen LogP contribution is 2.26. The minimum absolute atomic E-state index is 0.533. The number of hydrogen-bond acceptors (Lipinski definition) is 0. The van der Waals surface area contributed by atoms with Crippen molar-refractivity contribution in [1.82, 2.24) is 0 Å². The molecule has 0 radical (unpaired) electrons. The van der Waals surface area contributed by atoms with Crippen molar-refractivity contribution < 1.29 is 0 Å². The van der Waals surface area contributed by atoms with Crippen LogP contribution < -0.4 is 0 Å². The average Bonchev–Trinajstić information content (AvgIpc) is 2.39. The summed E-state index contributed by atoms with van der Waals surface area (Å²) in [6.45, 7) is 10.4. The Kier molecular flexibility index (Phi) is 5.76. The van der Waals surface area contributed by atoms with Gasteiger partial charge in [0.1, 0.15) is 0 Å². The van der Waals surface area contributed by atoms with Crippen molar-refractivity contribution in [2.75, 3.05) is 0 Å². The highest BCUT2D eigenvalue weighted by molar-refractivity contribution is 5.33. The molecule has 0 spiro atoms. The topological polar surface area (TPSA) is 0 Å². The molecule has 1 atom stereocenters. The van der Waals surface area contributed by atoms with Crippen LogP contribution in [0.25, 0.3) is 0 Å². The molecule has 0 N–H and O–H groups in total. The van der Waals surface area contributed by atoms with Crippen molar-refractivity contribution in [3.05, 3.63) is 59.8 Å². The molecule has 92 valence electrons. The molecule has 0 heterocycles. The van der Waals surface area contributed by atoms with Crippen molar-refractivity contribution in [3.8, 4) is 0 Å². The van der Waals surface area contributed by atoms with Gasteiger partial charge in [-0.05, 0) is 31.8 Å². The van der Waals surface area contributed by atoms with Crippen molar-refractivity contribution >= 4 is 0 Å². The SMILES string of the molecule is C=C/C(C)=C\C=C(/CC)C(C)C1=CCCC=C1. The first-order valence-electron chi connectivity index (χ1n) is 6.55. The Labute approximate surface area is 106 Å². The molecular weight excluding hydrogens is 204 g/mol. The highest BCUT2D eigenvalue weighted by atomic mass is 14.2. The highest BCUT2D eigenvalue weighted by Gasteiger charge is 2.11. The fraction of sp³-hybridized carbons (Fsp3) is 0.412. The molecule has 0 fully saturated rings. The average molecular weight is 228 g/mol. The summed E-state index contributed by atoms with van der Waals surface area (Å²) in [6, 6.07) is 0. The molecule has 1 rings (SSSR count). The summed E-state index contributed by atoms with van der Waals surface area (Å²) in [5, 5.41) is 0. The van der Waals surface area contributed by atoms with E-state index in [9.17, 15) is 0 Å². The second-order valence-corrected chi connectivity index (χ2v) is 4.62. The molecule has 0 aliphatic heterocycles. The Bertz CT molecular complexity index is 375. The normalized spacial score (nSPS) is 18.9. The maximum Gasteiger partial charge on any atom is 0.00195 e. The lowest BCUT2D eigenvalue weighted by Crippen LogP contribution is -2.03. The summed E-state index contributed by atoms with van der Waals surface area (Å²) in [5.41, 5.74) is 4.18. The standard InChI is InChI=1S/C17H24/c1-5-14(3)12-13-16(6-2)15(4)17-10-8-7-9-11-17/h5,8,10-13,15H,1,6-7,9H2,2-4H3/b14-12-,16-13+. The van der Waals surface area contributed by atoms with Gasteiger partial charge < -0.3 is 0 Å². The van der Waals surface area contributed by atoms with Crippen molar-refractivity contribution in [1.29, 1.82) is 0 Å². The van der Waals surface area contributed by atoms with E-state index >= 15 is 0 Å². The molecule has 0 aromatic carbocycles. The van der Waals surface area contributed by atoms with E-state index in [0.717, 1.165) is 6.42 Å². The van der Waals surface area contributed by atoms with E-state index in [0.29, 0.717) is 5.92 Å². The molecule has 0 amide bonds. The van der Waals surface area contributed by atoms with Gasteiger partial charge in [0.25, 0.3) is 0 Å². The van der Waals surface area contributed by atoms with Crippen molar-refractivity contribution in [3.63, 3.8) is 0 Å². The van der Waals surface area contributed by atoms with Gasteiger partial charge in [-0.2, -0.15) is 0 Å². The van der Waals surface area contributed by atoms with Crippen LogP contribution in [0.2, 0.25) is 0 Å². The van der Waals surface area contributed by atoms with Gasteiger partial charge >= 0.3 is 0 Å². The van der Waals surface area contributed by atoms with Crippen LogP contribution in [0.15, 0.2) is 59.8 Å². The van der Waals surface area contributed by atoms with E-state index in [-0.39, 0.29) is 0 Å². The zero-order chi connectivity index (χ0) is 12.7. The summed E-state index contributed by atoms with van der Waals surface area (Å²) in [7, 11) is 0. The molecule has 0 aromatic heterocycles. The largest absolute Gasteiger partial charge is 0.0988 e. The Balaban J connectivity index is 2.83. The van der Waals surface area contributed by atoms with Gasteiger partial charge in [-0.3, -0.25) is 0 Å². The molecule has 0 aromatic rings. The molecule has 1 aliphatic carbocycles. The van der Waals surface area contributed by atoms with Crippen LogP contribution in [-0.4, -0.2) is 0 Å². The summed E-state index contributed by atoms with van der Waals surface area (Å²) >= 11 is 0. The fourth-order valence-corrected chi connectivity index (χ4v) is 2.04. The lowest BCUT2D eigenvalue weighted by molar-refractivity contribution is 0.764. The summed E-state index contributed by atoms with van der Waals surface area (Å²) in [4.78, 5) is 0. The Morgan fingerprint density at radius 2 is 2.18 bits per heavy atom. The molecule has 1 aliphatic rings. The smallest absolute Gasteiger partial charge is 0.00195 e. The van der Waals surface area contributed by atoms with Gasteiger partial charge in [-0.1, -0.05) is 68.0 Å². The number of rotatable bonds is 5. The molecule has 0 saturated heterocycles. The second kappa shape index (κ2) is 7.11. The van der Waals surface area contributed by atoms with Crippen LogP contribution in [0.1, 0.15) is 40.0 Å². The van der Waals surface area contributed by atoms with E-state index in [1.54, 1.807) is 0 Å². The van der Waals surface area contributed by atoms with E-state index in [2.05, 4.69) is 57.7 Å². The molecule has 17 heavy (non-hydrogen) atoms. The lowest BCUT2D eigenvalue weighted by Gasteiger charge is -2.18. The summed E-state index contributed by atoms with van der Waals surface area (Å²) in [5.74, 6) is 0.533. The van der Waals surface area contributed by atoms with E-state index in [1.807, 2.05) is 6.08 Å². The van der Waals surface area contributed by atoms with Crippen molar-refractivity contribution in [2.24, 2.45) is 5.92 Å². The molecule has 1 unspecified atom stereocenters. The third kappa shape index (κ3) is 4.22. The maximum atomic E-state index is 3.78. The summed E-state index contributed by atoms with van der Waals surface area (Å²) < 4.78 is 0. The van der Waals surface area contributed by atoms with Crippen LogP contribution in [-0.2, 0) is 0 Å². The third-order valence-electron chi connectivity index (χ3n) is 3.37. The van der Waals surface area contributed by atoms with Crippen LogP contribution in [0.3, 0.4) is 0 Å². The van der Waals surface area contributed by atoms with Gasteiger partial charge in [0.15, 0.2) is 0 Å².